The van der Waals surface area contributed by atoms with Crippen LogP contribution in [0.3, 0.4) is 0 Å². The second kappa shape index (κ2) is 10.00. The van der Waals surface area contributed by atoms with Gasteiger partial charge in [0, 0.05) is 36.2 Å². The largest absolute Gasteiger partial charge is 0.598 e. The van der Waals surface area contributed by atoms with Crippen LogP contribution in [0.4, 0.5) is 17.5 Å². The number of pyridine rings is 3. The van der Waals surface area contributed by atoms with E-state index in [1.165, 1.54) is 0 Å². The van der Waals surface area contributed by atoms with Crippen molar-refractivity contribution >= 4 is 39.6 Å². The first-order valence-electron chi connectivity index (χ1n) is 11.9. The summed E-state index contributed by atoms with van der Waals surface area (Å²) in [6, 6.07) is 7.81. The minimum Gasteiger partial charge on any atom is -0.598 e. The maximum atomic E-state index is 13.0. The summed E-state index contributed by atoms with van der Waals surface area (Å²) in [5.41, 5.74) is 8.23. The van der Waals surface area contributed by atoms with E-state index in [-0.39, 0.29) is 4.75 Å². The standard InChI is InChI=1S/C25H33N9OS/c1-7-25(8-2,32-36(35)24(3,4)5)17-9-10-27-22(13-17)31-21-12-16-11-19(20-15-29-33-34(20)6)30-23(26)18(16)14-28-21/h9-15,32H,7-8H2,1-6H3,(H2,26,30)(H,27,28,31). The fraction of sp³-hybridized carbons (Fsp3) is 0.400. The van der Waals surface area contributed by atoms with Gasteiger partial charge in [-0.3, -0.25) is 0 Å². The number of fused-ring (bicyclic) bond motifs is 1. The average Bonchev–Trinajstić information content (AvgIpc) is 3.27. The minimum absolute atomic E-state index is 0.375. The van der Waals surface area contributed by atoms with Crippen molar-refractivity contribution in [1.29, 1.82) is 0 Å². The van der Waals surface area contributed by atoms with Gasteiger partial charge in [-0.1, -0.05) is 19.1 Å². The van der Waals surface area contributed by atoms with Gasteiger partial charge in [-0.25, -0.2) is 19.6 Å². The maximum absolute atomic E-state index is 13.0. The summed E-state index contributed by atoms with van der Waals surface area (Å²) in [6.07, 6.45) is 6.67. The predicted octanol–water partition coefficient (Wildman–Crippen LogP) is 4.21. The Morgan fingerprint density at radius 3 is 2.42 bits per heavy atom. The molecule has 4 N–H and O–H groups in total. The van der Waals surface area contributed by atoms with Crippen LogP contribution in [0.5, 0.6) is 0 Å². The molecule has 0 aliphatic carbocycles. The van der Waals surface area contributed by atoms with Crippen LogP contribution >= 0.6 is 0 Å². The van der Waals surface area contributed by atoms with Crippen molar-refractivity contribution in [3.05, 3.63) is 48.4 Å². The highest BCUT2D eigenvalue weighted by atomic mass is 32.2. The molecule has 0 saturated heterocycles. The van der Waals surface area contributed by atoms with E-state index in [4.69, 9.17) is 5.73 Å². The number of nitrogen functional groups attached to an aromatic ring is 1. The predicted molar refractivity (Wildman–Crippen MR) is 145 cm³/mol. The van der Waals surface area contributed by atoms with E-state index < -0.39 is 16.9 Å². The SMILES string of the molecule is CCC(CC)(N[S+]([O-])C(C)(C)C)c1ccnc(Nc2cc3cc(-c4cnnn4C)nc(N)c3cn2)c1. The van der Waals surface area contributed by atoms with Gasteiger partial charge in [0.05, 0.1) is 17.4 Å². The smallest absolute Gasteiger partial charge is 0.136 e. The van der Waals surface area contributed by atoms with E-state index in [1.54, 1.807) is 30.3 Å². The molecule has 0 bridgehead atoms. The van der Waals surface area contributed by atoms with Crippen molar-refractivity contribution in [3.8, 4) is 11.4 Å². The zero-order valence-corrected chi connectivity index (χ0v) is 22.3. The monoisotopic (exact) mass is 507 g/mol. The Labute approximate surface area is 214 Å². The van der Waals surface area contributed by atoms with Crippen molar-refractivity contribution in [2.75, 3.05) is 11.1 Å². The molecule has 0 radical (unpaired) electrons. The minimum atomic E-state index is -1.22. The molecule has 0 saturated carbocycles. The molecular weight excluding hydrogens is 474 g/mol. The summed E-state index contributed by atoms with van der Waals surface area (Å²) >= 11 is -1.22. The van der Waals surface area contributed by atoms with Gasteiger partial charge in [0.1, 0.15) is 27.9 Å². The third-order valence-electron chi connectivity index (χ3n) is 6.34. The van der Waals surface area contributed by atoms with E-state index >= 15 is 0 Å². The van der Waals surface area contributed by atoms with Crippen LogP contribution in [0.15, 0.2) is 42.9 Å². The molecule has 0 aliphatic heterocycles. The number of nitrogens with two attached hydrogens (primary N) is 1. The fourth-order valence-electron chi connectivity index (χ4n) is 4.01. The zero-order chi connectivity index (χ0) is 26.1. The molecule has 190 valence electrons. The van der Waals surface area contributed by atoms with E-state index in [9.17, 15) is 4.55 Å². The first kappa shape index (κ1) is 25.8. The topological polar surface area (TPSA) is 143 Å². The van der Waals surface area contributed by atoms with Crippen LogP contribution in [-0.2, 0) is 23.9 Å². The summed E-state index contributed by atoms with van der Waals surface area (Å²) in [6.45, 7) is 10.1. The highest BCUT2D eigenvalue weighted by molar-refractivity contribution is 7.90. The highest BCUT2D eigenvalue weighted by Gasteiger charge is 2.38. The summed E-state index contributed by atoms with van der Waals surface area (Å²) in [5, 5.41) is 12.9. The van der Waals surface area contributed by atoms with Gasteiger partial charge < -0.3 is 15.6 Å². The van der Waals surface area contributed by atoms with Crippen LogP contribution in [0.1, 0.15) is 53.0 Å². The summed E-state index contributed by atoms with van der Waals surface area (Å²) in [4.78, 5) is 13.5. The third-order valence-corrected chi connectivity index (χ3v) is 8.03. The Kier molecular flexibility index (Phi) is 7.17. The molecule has 36 heavy (non-hydrogen) atoms. The normalized spacial score (nSPS) is 13.2. The first-order valence-corrected chi connectivity index (χ1v) is 13.1. The quantitative estimate of drug-likeness (QED) is 0.299. The maximum Gasteiger partial charge on any atom is 0.136 e. The van der Waals surface area contributed by atoms with Crippen LogP contribution in [-0.4, -0.2) is 39.2 Å². The zero-order valence-electron chi connectivity index (χ0n) is 21.5. The Morgan fingerprint density at radius 2 is 1.78 bits per heavy atom. The molecule has 0 aromatic carbocycles. The molecule has 0 aliphatic rings. The van der Waals surface area contributed by atoms with Crippen molar-refractivity contribution in [2.24, 2.45) is 7.05 Å². The second-order valence-corrected chi connectivity index (χ2v) is 11.7. The molecule has 0 spiro atoms. The first-order chi connectivity index (χ1) is 17.1. The van der Waals surface area contributed by atoms with E-state index in [0.29, 0.717) is 23.1 Å². The molecule has 4 heterocycles. The lowest BCUT2D eigenvalue weighted by Gasteiger charge is -2.36. The molecule has 1 atom stereocenters. The molecule has 11 heteroatoms. The number of aryl methyl sites for hydroxylation is 1. The van der Waals surface area contributed by atoms with Gasteiger partial charge in [-0.05, 0) is 68.8 Å². The van der Waals surface area contributed by atoms with Crippen molar-refractivity contribution in [2.45, 2.75) is 57.7 Å². The van der Waals surface area contributed by atoms with Crippen molar-refractivity contribution in [1.82, 2.24) is 34.7 Å². The van der Waals surface area contributed by atoms with Gasteiger partial charge >= 0.3 is 0 Å². The lowest BCUT2D eigenvalue weighted by molar-refractivity contribution is 0.359. The van der Waals surface area contributed by atoms with Gasteiger partial charge in [0.2, 0.25) is 0 Å². The van der Waals surface area contributed by atoms with Gasteiger partial charge in [0.15, 0.2) is 0 Å². The second-order valence-electron chi connectivity index (χ2n) is 9.75. The Hall–Kier alpha value is -3.28. The molecule has 0 fully saturated rings. The summed E-state index contributed by atoms with van der Waals surface area (Å²) in [5.74, 6) is 1.65. The lowest BCUT2D eigenvalue weighted by Crippen LogP contribution is -2.51. The number of rotatable bonds is 8. The van der Waals surface area contributed by atoms with Crippen LogP contribution in [0.2, 0.25) is 0 Å². The number of anilines is 3. The van der Waals surface area contributed by atoms with Gasteiger partial charge in [-0.15, -0.1) is 9.82 Å². The molecule has 4 aromatic rings. The molecule has 0 amide bonds. The van der Waals surface area contributed by atoms with Crippen LogP contribution in [0, 0.1) is 0 Å². The highest BCUT2D eigenvalue weighted by Crippen LogP contribution is 2.33. The fourth-order valence-corrected chi connectivity index (χ4v) is 5.08. The van der Waals surface area contributed by atoms with E-state index in [2.05, 4.69) is 49.2 Å². The summed E-state index contributed by atoms with van der Waals surface area (Å²) < 4.78 is 17.6. The number of hydrogen-bond acceptors (Lipinski definition) is 9. The Balaban J connectivity index is 1.66. The molecule has 1 unspecified atom stereocenters. The number of hydrogen-bond donors (Lipinski definition) is 3. The van der Waals surface area contributed by atoms with Crippen LogP contribution < -0.4 is 15.8 Å². The number of nitrogens with one attached hydrogen (secondary N) is 2. The lowest BCUT2D eigenvalue weighted by atomic mass is 9.86. The average molecular weight is 508 g/mol. The van der Waals surface area contributed by atoms with Gasteiger partial charge in [-0.2, -0.15) is 0 Å². The molecule has 4 aromatic heterocycles. The van der Waals surface area contributed by atoms with Crippen LogP contribution in [0.25, 0.3) is 22.2 Å². The Bertz CT molecular complexity index is 1360. The van der Waals surface area contributed by atoms with E-state index in [1.807, 2.05) is 45.0 Å². The van der Waals surface area contributed by atoms with Crippen molar-refractivity contribution in [3.63, 3.8) is 0 Å². The molecule has 4 rings (SSSR count). The van der Waals surface area contributed by atoms with Crippen molar-refractivity contribution < 1.29 is 4.55 Å². The Morgan fingerprint density at radius 1 is 1.06 bits per heavy atom. The number of aromatic nitrogens is 6. The number of nitrogens with zero attached hydrogens (tertiary/aromatic N) is 6. The summed E-state index contributed by atoms with van der Waals surface area (Å²) in [7, 11) is 1.81. The third kappa shape index (κ3) is 5.13. The van der Waals surface area contributed by atoms with E-state index in [0.717, 1.165) is 34.9 Å². The van der Waals surface area contributed by atoms with Gasteiger partial charge in [0.25, 0.3) is 0 Å². The molecular formula is C25H33N9OS. The molecule has 10 nitrogen and oxygen atoms in total.